The molecule has 2 aromatic rings. The molecule has 0 saturated heterocycles. The van der Waals surface area contributed by atoms with Crippen molar-refractivity contribution in [3.05, 3.63) is 42.0 Å². The number of methoxy groups -OCH3 is 1. The van der Waals surface area contributed by atoms with Gasteiger partial charge in [-0.25, -0.2) is 0 Å². The lowest BCUT2D eigenvalue weighted by atomic mass is 9.98. The van der Waals surface area contributed by atoms with E-state index in [9.17, 15) is 9.90 Å². The van der Waals surface area contributed by atoms with Crippen molar-refractivity contribution in [1.29, 1.82) is 0 Å². The Balaban J connectivity index is 2.32. The first-order valence-electron chi connectivity index (χ1n) is 8.10. The summed E-state index contributed by atoms with van der Waals surface area (Å²) >= 11 is 0. The molecule has 0 fully saturated rings. The summed E-state index contributed by atoms with van der Waals surface area (Å²) in [4.78, 5) is 21.2. The molecule has 0 radical (unpaired) electrons. The number of nitrogens with zero attached hydrogens (tertiary/aromatic N) is 2. The summed E-state index contributed by atoms with van der Waals surface area (Å²) in [6.45, 7) is 0. The standard InChI is InChI=1S/C19H22N2O5/c1-24-18(23)6-4-5-17(20-25-2)19(21-26-3)15-8-7-14-12-16(22)10-9-13(14)11-15/h7-12,22H,4-6H2,1-3H3. The van der Waals surface area contributed by atoms with Crippen LogP contribution in [0.25, 0.3) is 10.8 Å². The highest BCUT2D eigenvalue weighted by molar-refractivity contribution is 6.48. The number of benzene rings is 2. The zero-order valence-electron chi connectivity index (χ0n) is 15.1. The Labute approximate surface area is 151 Å². The van der Waals surface area contributed by atoms with Crippen LogP contribution in [0.2, 0.25) is 0 Å². The number of aromatic hydroxyl groups is 1. The summed E-state index contributed by atoms with van der Waals surface area (Å²) in [6.07, 6.45) is 1.29. The van der Waals surface area contributed by atoms with Crippen molar-refractivity contribution in [2.45, 2.75) is 19.3 Å². The Bertz CT molecular complexity index is 830. The molecule has 0 aliphatic carbocycles. The van der Waals surface area contributed by atoms with Crippen LogP contribution in [0.5, 0.6) is 5.75 Å². The number of fused-ring (bicyclic) bond motifs is 1. The number of oxime groups is 2. The van der Waals surface area contributed by atoms with Gasteiger partial charge in [0.05, 0.1) is 7.11 Å². The predicted octanol–water partition coefficient (Wildman–Crippen LogP) is 3.24. The number of carbonyl (C=O) groups is 1. The Morgan fingerprint density at radius 1 is 0.962 bits per heavy atom. The van der Waals surface area contributed by atoms with Crippen molar-refractivity contribution in [2.75, 3.05) is 21.3 Å². The van der Waals surface area contributed by atoms with Gasteiger partial charge in [0, 0.05) is 12.0 Å². The van der Waals surface area contributed by atoms with Crippen molar-refractivity contribution in [2.24, 2.45) is 10.3 Å². The van der Waals surface area contributed by atoms with Gasteiger partial charge in [-0.2, -0.15) is 0 Å². The Kier molecular flexibility index (Phi) is 6.96. The van der Waals surface area contributed by atoms with Crippen molar-refractivity contribution in [1.82, 2.24) is 0 Å². The highest BCUT2D eigenvalue weighted by Crippen LogP contribution is 2.22. The van der Waals surface area contributed by atoms with Crippen molar-refractivity contribution in [3.8, 4) is 5.75 Å². The summed E-state index contributed by atoms with van der Waals surface area (Å²) in [5.74, 6) is -0.0713. The highest BCUT2D eigenvalue weighted by atomic mass is 16.6. The molecule has 0 bridgehead atoms. The number of phenolic OH excluding ortho intramolecular Hbond substituents is 1. The van der Waals surface area contributed by atoms with Crippen LogP contribution in [-0.4, -0.2) is 43.8 Å². The third-order valence-corrected chi connectivity index (χ3v) is 3.78. The molecule has 1 N–H and O–H groups in total. The third kappa shape index (κ3) is 4.95. The number of esters is 1. The Morgan fingerprint density at radius 3 is 2.35 bits per heavy atom. The van der Waals surface area contributed by atoms with Crippen molar-refractivity contribution in [3.63, 3.8) is 0 Å². The summed E-state index contributed by atoms with van der Waals surface area (Å²) in [5.41, 5.74) is 1.88. The molecule has 0 aliphatic heterocycles. The minimum absolute atomic E-state index is 0.209. The first kappa shape index (κ1) is 19.2. The normalized spacial score (nSPS) is 12.1. The second-order valence-electron chi connectivity index (χ2n) is 5.52. The van der Waals surface area contributed by atoms with Gasteiger partial charge in [0.1, 0.15) is 31.4 Å². The molecule has 0 saturated carbocycles. The molecule has 2 aromatic carbocycles. The van der Waals surface area contributed by atoms with Crippen LogP contribution < -0.4 is 0 Å². The topological polar surface area (TPSA) is 89.7 Å². The second kappa shape index (κ2) is 9.41. The van der Waals surface area contributed by atoms with Crippen LogP contribution in [0.4, 0.5) is 0 Å². The van der Waals surface area contributed by atoms with E-state index in [0.29, 0.717) is 24.3 Å². The van der Waals surface area contributed by atoms with Gasteiger partial charge in [-0.05, 0) is 41.8 Å². The molecule has 7 heteroatoms. The molecule has 0 spiro atoms. The van der Waals surface area contributed by atoms with Crippen LogP contribution in [0.3, 0.4) is 0 Å². The highest BCUT2D eigenvalue weighted by Gasteiger charge is 2.16. The van der Waals surface area contributed by atoms with Gasteiger partial charge < -0.3 is 19.5 Å². The maximum Gasteiger partial charge on any atom is 0.305 e. The molecular formula is C19H22N2O5. The molecule has 138 valence electrons. The predicted molar refractivity (Wildman–Crippen MR) is 99.5 cm³/mol. The van der Waals surface area contributed by atoms with E-state index < -0.39 is 0 Å². The molecule has 7 nitrogen and oxygen atoms in total. The van der Waals surface area contributed by atoms with E-state index in [4.69, 9.17) is 9.68 Å². The zero-order valence-corrected chi connectivity index (χ0v) is 15.1. The largest absolute Gasteiger partial charge is 0.508 e. The third-order valence-electron chi connectivity index (χ3n) is 3.78. The van der Waals surface area contributed by atoms with E-state index in [1.165, 1.54) is 21.3 Å². The Morgan fingerprint density at radius 2 is 1.65 bits per heavy atom. The maximum absolute atomic E-state index is 11.3. The molecule has 0 amide bonds. The molecule has 0 atom stereocenters. The number of hydrogen-bond acceptors (Lipinski definition) is 7. The average molecular weight is 358 g/mol. The van der Waals surface area contributed by atoms with Crippen molar-refractivity contribution >= 4 is 28.2 Å². The van der Waals surface area contributed by atoms with Crippen LogP contribution >= 0.6 is 0 Å². The molecule has 26 heavy (non-hydrogen) atoms. The van der Waals surface area contributed by atoms with E-state index in [0.717, 1.165) is 16.3 Å². The molecular weight excluding hydrogens is 336 g/mol. The quantitative estimate of drug-likeness (QED) is 0.444. The lowest BCUT2D eigenvalue weighted by molar-refractivity contribution is -0.140. The molecule has 0 aliphatic rings. The first-order valence-corrected chi connectivity index (χ1v) is 8.10. The fourth-order valence-electron chi connectivity index (χ4n) is 2.56. The van der Waals surface area contributed by atoms with Crippen LogP contribution in [-0.2, 0) is 19.2 Å². The molecule has 0 unspecified atom stereocenters. The lowest BCUT2D eigenvalue weighted by Gasteiger charge is -2.10. The second-order valence-corrected chi connectivity index (χ2v) is 5.52. The van der Waals surface area contributed by atoms with Gasteiger partial charge in [0.2, 0.25) is 0 Å². The van der Waals surface area contributed by atoms with E-state index in [1.807, 2.05) is 24.3 Å². The maximum atomic E-state index is 11.3. The van der Waals surface area contributed by atoms with E-state index in [2.05, 4.69) is 15.0 Å². The number of phenols is 1. The van der Waals surface area contributed by atoms with E-state index >= 15 is 0 Å². The fraction of sp³-hybridized carbons (Fsp3) is 0.316. The van der Waals surface area contributed by atoms with Gasteiger partial charge in [0.25, 0.3) is 0 Å². The van der Waals surface area contributed by atoms with Gasteiger partial charge in [-0.1, -0.05) is 28.5 Å². The summed E-state index contributed by atoms with van der Waals surface area (Å²) in [7, 11) is 4.27. The Hall–Kier alpha value is -3.09. The molecule has 0 aromatic heterocycles. The number of rotatable bonds is 8. The number of ether oxygens (including phenoxy) is 1. The van der Waals surface area contributed by atoms with Gasteiger partial charge >= 0.3 is 5.97 Å². The van der Waals surface area contributed by atoms with Crippen LogP contribution in [0.1, 0.15) is 24.8 Å². The smallest absolute Gasteiger partial charge is 0.305 e. The minimum Gasteiger partial charge on any atom is -0.508 e. The fourth-order valence-corrected chi connectivity index (χ4v) is 2.56. The van der Waals surface area contributed by atoms with Gasteiger partial charge in [-0.15, -0.1) is 0 Å². The summed E-state index contributed by atoms with van der Waals surface area (Å²) < 4.78 is 4.66. The first-order chi connectivity index (χ1) is 12.6. The molecule has 2 rings (SSSR count). The summed E-state index contributed by atoms with van der Waals surface area (Å²) in [5, 5.41) is 19.6. The average Bonchev–Trinajstić information content (AvgIpc) is 2.65. The zero-order chi connectivity index (χ0) is 18.9. The SMILES string of the molecule is CON=C(CCCC(=O)OC)C(=NOC)c1ccc2cc(O)ccc2c1. The monoisotopic (exact) mass is 358 g/mol. The van der Waals surface area contributed by atoms with Gasteiger partial charge in [0.15, 0.2) is 0 Å². The number of carbonyl (C=O) groups excluding carboxylic acids is 1. The van der Waals surface area contributed by atoms with E-state index in [-0.39, 0.29) is 18.1 Å². The van der Waals surface area contributed by atoms with Crippen molar-refractivity contribution < 1.29 is 24.3 Å². The lowest BCUT2D eigenvalue weighted by Crippen LogP contribution is -2.17. The van der Waals surface area contributed by atoms with Crippen LogP contribution in [0.15, 0.2) is 46.7 Å². The number of hydrogen-bond donors (Lipinski definition) is 1. The van der Waals surface area contributed by atoms with Gasteiger partial charge in [-0.3, -0.25) is 4.79 Å². The van der Waals surface area contributed by atoms with Crippen LogP contribution in [0, 0.1) is 0 Å². The minimum atomic E-state index is -0.280. The van der Waals surface area contributed by atoms with E-state index in [1.54, 1.807) is 12.1 Å². The summed E-state index contributed by atoms with van der Waals surface area (Å²) in [6, 6.07) is 10.8. The molecule has 0 heterocycles.